The van der Waals surface area contributed by atoms with Crippen LogP contribution in [-0.2, 0) is 22.9 Å². The van der Waals surface area contributed by atoms with Crippen LogP contribution in [0.4, 0.5) is 0 Å². The molecule has 0 aliphatic carbocycles. The molecule has 126 valence electrons. The van der Waals surface area contributed by atoms with Crippen LogP contribution in [0.25, 0.3) is 0 Å². The molecule has 22 heavy (non-hydrogen) atoms. The summed E-state index contributed by atoms with van der Waals surface area (Å²) in [5.74, 6) is -1.11. The van der Waals surface area contributed by atoms with Crippen LogP contribution in [0.15, 0.2) is 0 Å². The first-order valence-electron chi connectivity index (χ1n) is 7.87. The highest BCUT2D eigenvalue weighted by Gasteiger charge is 2.41. The minimum absolute atomic E-state index is 0.201. The van der Waals surface area contributed by atoms with Crippen LogP contribution in [-0.4, -0.2) is 37.3 Å². The smallest absolute Gasteiger partial charge is 0.317 e. The van der Waals surface area contributed by atoms with Crippen molar-refractivity contribution in [2.24, 2.45) is 5.92 Å². The highest BCUT2D eigenvalue weighted by molar-refractivity contribution is 6.85. The predicted octanol–water partition coefficient (Wildman–Crippen LogP) is 3.33. The topological polar surface area (TPSA) is 69.7 Å². The van der Waals surface area contributed by atoms with Crippen LogP contribution in [0.1, 0.15) is 19.8 Å². The van der Waals surface area contributed by atoms with Crippen LogP contribution < -0.4 is 0 Å². The van der Waals surface area contributed by atoms with Gasteiger partial charge in [-0.05, 0) is 56.8 Å². The maximum atomic E-state index is 11.6. The summed E-state index contributed by atoms with van der Waals surface area (Å²) in [5.41, 5.74) is 0.265. The molecule has 2 unspecified atom stereocenters. The van der Waals surface area contributed by atoms with Crippen molar-refractivity contribution in [2.75, 3.05) is 0 Å². The molecule has 0 radical (unpaired) electrons. The first-order valence-corrected chi connectivity index (χ1v) is 16.1. The van der Waals surface area contributed by atoms with E-state index < -0.39 is 31.3 Å². The van der Waals surface area contributed by atoms with Crippen molar-refractivity contribution in [1.29, 1.82) is 0 Å². The normalized spacial score (nSPS) is 20.9. The van der Waals surface area contributed by atoms with Crippen LogP contribution in [0.5, 0.6) is 0 Å². The summed E-state index contributed by atoms with van der Waals surface area (Å²) in [6, 6.07) is 1.67. The van der Waals surface area contributed by atoms with Crippen LogP contribution in [0, 0.1) is 5.92 Å². The molecule has 0 N–H and O–H groups in total. The number of esters is 2. The van der Waals surface area contributed by atoms with Gasteiger partial charge in [-0.25, -0.2) is 0 Å². The molecule has 1 rings (SSSR count). The zero-order valence-electron chi connectivity index (χ0n) is 14.5. The van der Waals surface area contributed by atoms with E-state index in [0.717, 1.165) is 12.1 Å². The van der Waals surface area contributed by atoms with Crippen LogP contribution in [0.3, 0.4) is 0 Å². The average Bonchev–Trinajstić information content (AvgIpc) is 2.64. The molecular weight excluding hydrogens is 332 g/mol. The van der Waals surface area contributed by atoms with E-state index in [4.69, 9.17) is 4.12 Å². The van der Waals surface area contributed by atoms with Gasteiger partial charge in [0.15, 0.2) is 16.6 Å². The minimum Gasteiger partial charge on any atom is -0.455 e. The van der Waals surface area contributed by atoms with Gasteiger partial charge in [0.1, 0.15) is 0 Å². The van der Waals surface area contributed by atoms with E-state index in [2.05, 4.69) is 37.8 Å². The number of rotatable bonds is 8. The molecular formula is C14H28O5Si3. The van der Waals surface area contributed by atoms with E-state index in [1.807, 2.05) is 0 Å². The molecule has 0 aromatic heterocycles. The molecule has 0 aromatic carbocycles. The largest absolute Gasteiger partial charge is 0.455 e. The van der Waals surface area contributed by atoms with E-state index in [1.54, 1.807) is 6.55 Å². The lowest BCUT2D eigenvalue weighted by atomic mass is 10.0. The Morgan fingerprint density at radius 3 is 2.36 bits per heavy atom. The summed E-state index contributed by atoms with van der Waals surface area (Å²) < 4.78 is 22.5. The van der Waals surface area contributed by atoms with Gasteiger partial charge in [0.25, 0.3) is 8.68 Å². The molecule has 8 heteroatoms. The molecule has 1 aliphatic heterocycles. The number of carbonyl (C=O) groups is 2. The van der Waals surface area contributed by atoms with Crippen LogP contribution in [0.2, 0.25) is 50.4 Å². The van der Waals surface area contributed by atoms with Gasteiger partial charge in [-0.15, -0.1) is 0 Å². The van der Waals surface area contributed by atoms with Gasteiger partial charge < -0.3 is 13.3 Å². The second-order valence-electron chi connectivity index (χ2n) is 7.50. The zero-order valence-corrected chi connectivity index (χ0v) is 17.5. The Kier molecular flexibility index (Phi) is 6.60. The van der Waals surface area contributed by atoms with Crippen molar-refractivity contribution in [3.8, 4) is 0 Å². The molecule has 0 spiro atoms. The van der Waals surface area contributed by atoms with Crippen molar-refractivity contribution in [2.45, 2.75) is 70.1 Å². The summed E-state index contributed by atoms with van der Waals surface area (Å²) in [7, 11) is -5.28. The number of hydrogen-bond acceptors (Lipinski definition) is 5. The third-order valence-electron chi connectivity index (χ3n) is 4.40. The van der Waals surface area contributed by atoms with Gasteiger partial charge in [-0.3, -0.25) is 9.59 Å². The number of hydrogen-bond donors (Lipinski definition) is 0. The van der Waals surface area contributed by atoms with Crippen LogP contribution >= 0.6 is 0 Å². The van der Waals surface area contributed by atoms with Crippen molar-refractivity contribution in [3.05, 3.63) is 0 Å². The molecule has 1 heterocycles. The molecule has 1 saturated heterocycles. The Labute approximate surface area is 136 Å². The van der Waals surface area contributed by atoms with Crippen molar-refractivity contribution >= 4 is 37.3 Å². The standard InChI is InChI=1S/C14H28O5Si3/c1-11(9-12-10-13(15)18-14(12)16)22(5,6)19-21(3,4)8-7-20(2)17/h11-12H,7-10H2,1-6H3. The molecule has 0 bridgehead atoms. The quantitative estimate of drug-likeness (QED) is 0.377. The van der Waals surface area contributed by atoms with E-state index in [1.165, 1.54) is 0 Å². The summed E-state index contributed by atoms with van der Waals surface area (Å²) in [4.78, 5) is 22.8. The second kappa shape index (κ2) is 7.41. The Hall–Kier alpha value is -0.449. The molecule has 1 aliphatic rings. The highest BCUT2D eigenvalue weighted by Crippen LogP contribution is 2.35. The van der Waals surface area contributed by atoms with Gasteiger partial charge >= 0.3 is 11.9 Å². The molecule has 5 nitrogen and oxygen atoms in total. The third-order valence-corrected chi connectivity index (χ3v) is 14.2. The number of cyclic esters (lactones) is 2. The summed E-state index contributed by atoms with van der Waals surface area (Å²) in [6.07, 6.45) is 0.852. The number of carbonyl (C=O) groups excluding carboxylic acids is 2. The first kappa shape index (κ1) is 19.6. The van der Waals surface area contributed by atoms with Gasteiger partial charge in [0.2, 0.25) is 0 Å². The molecule has 0 saturated carbocycles. The highest BCUT2D eigenvalue weighted by atomic mass is 28.4. The molecule has 1 fully saturated rings. The van der Waals surface area contributed by atoms with Gasteiger partial charge in [-0.2, -0.15) is 0 Å². The fourth-order valence-corrected chi connectivity index (χ4v) is 14.3. The van der Waals surface area contributed by atoms with E-state index in [9.17, 15) is 14.1 Å². The summed E-state index contributed by atoms with van der Waals surface area (Å²) in [6.45, 7) is 12.6. The molecule has 0 aromatic rings. The predicted molar refractivity (Wildman–Crippen MR) is 91.2 cm³/mol. The summed E-state index contributed by atoms with van der Waals surface area (Å²) >= 11 is 0. The monoisotopic (exact) mass is 360 g/mol. The SMILES string of the molecule is CC(CC1CC(=O)OC1=O)[Si](C)(C)O[Si](C)(C)CC[Si](C)=O. The first-order chi connectivity index (χ1) is 9.93. The Morgan fingerprint density at radius 2 is 1.91 bits per heavy atom. The fraction of sp³-hybridized carbons (Fsp3) is 0.857. The lowest BCUT2D eigenvalue weighted by molar-refractivity contribution is -0.153. The fourth-order valence-electron chi connectivity index (χ4n) is 2.75. The van der Waals surface area contributed by atoms with Gasteiger partial charge in [-0.1, -0.05) is 6.92 Å². The Morgan fingerprint density at radius 1 is 1.32 bits per heavy atom. The Balaban J connectivity index is 2.62. The maximum Gasteiger partial charge on any atom is 0.317 e. The van der Waals surface area contributed by atoms with Crippen molar-refractivity contribution in [3.63, 3.8) is 0 Å². The van der Waals surface area contributed by atoms with E-state index in [-0.39, 0.29) is 23.8 Å². The van der Waals surface area contributed by atoms with Crippen molar-refractivity contribution < 1.29 is 22.9 Å². The minimum atomic E-state index is -1.98. The van der Waals surface area contributed by atoms with Crippen molar-refractivity contribution in [1.82, 2.24) is 0 Å². The zero-order chi connectivity index (χ0) is 17.1. The van der Waals surface area contributed by atoms with E-state index >= 15 is 0 Å². The second-order valence-corrected chi connectivity index (χ2v) is 18.4. The summed E-state index contributed by atoms with van der Waals surface area (Å²) in [5, 5.41) is 0. The lowest BCUT2D eigenvalue weighted by Gasteiger charge is -2.38. The molecule has 0 amide bonds. The maximum absolute atomic E-state index is 11.6. The average molecular weight is 361 g/mol. The Bertz CT molecular complexity index is 461. The molecule has 2 atom stereocenters. The number of ether oxygens (including phenoxy) is 1. The van der Waals surface area contributed by atoms with Gasteiger partial charge in [0.05, 0.1) is 12.3 Å². The third kappa shape index (κ3) is 5.98. The van der Waals surface area contributed by atoms with E-state index in [0.29, 0.717) is 6.42 Å². The lowest BCUT2D eigenvalue weighted by Crippen LogP contribution is -2.47. The van der Waals surface area contributed by atoms with Gasteiger partial charge in [0, 0.05) is 0 Å².